The summed E-state index contributed by atoms with van der Waals surface area (Å²) in [4.78, 5) is 0. The average Bonchev–Trinajstić information content (AvgIpc) is 3.26. The molecular weight excluding hydrogens is 364 g/mol. The summed E-state index contributed by atoms with van der Waals surface area (Å²) in [6, 6.07) is 20.7. The maximum absolute atomic E-state index is 6.89. The van der Waals surface area contributed by atoms with Gasteiger partial charge < -0.3 is 13.6 Å². The van der Waals surface area contributed by atoms with Crippen LogP contribution in [0.5, 0.6) is 5.75 Å². The van der Waals surface area contributed by atoms with Crippen molar-refractivity contribution in [1.29, 1.82) is 0 Å². The molecule has 0 N–H and O–H groups in total. The van der Waals surface area contributed by atoms with Crippen molar-refractivity contribution in [1.82, 2.24) is 0 Å². The molecule has 0 saturated heterocycles. The first kappa shape index (κ1) is 18.8. The Kier molecular flexibility index (Phi) is 4.56. The molecule has 4 rings (SSSR count). The van der Waals surface area contributed by atoms with Gasteiger partial charge in [-0.1, -0.05) is 36.4 Å². The Morgan fingerprint density at radius 3 is 2.29 bits per heavy atom. The van der Waals surface area contributed by atoms with Crippen molar-refractivity contribution >= 4 is 19.5 Å². The van der Waals surface area contributed by atoms with Gasteiger partial charge in [-0.15, -0.1) is 0 Å². The molecule has 2 aromatic carbocycles. The van der Waals surface area contributed by atoms with Crippen molar-refractivity contribution < 1.29 is 13.6 Å². The highest BCUT2D eigenvalue weighted by atomic mass is 28.4. The smallest absolute Gasteiger partial charge is 0.185 e. The van der Waals surface area contributed by atoms with E-state index in [1.54, 1.807) is 13.4 Å². The van der Waals surface area contributed by atoms with Crippen LogP contribution >= 0.6 is 0 Å². The molecule has 0 saturated carbocycles. The van der Waals surface area contributed by atoms with Crippen LogP contribution in [0.2, 0.25) is 19.6 Å². The molecule has 28 heavy (non-hydrogen) atoms. The zero-order valence-corrected chi connectivity index (χ0v) is 18.1. The lowest BCUT2D eigenvalue weighted by atomic mass is 9.87. The predicted octanol–water partition coefficient (Wildman–Crippen LogP) is 6.33. The van der Waals surface area contributed by atoms with Crippen molar-refractivity contribution in [3.8, 4) is 5.75 Å². The third-order valence-corrected chi connectivity index (χ3v) is 6.10. The first-order chi connectivity index (χ1) is 13.3. The molecule has 1 heterocycles. The normalized spacial score (nSPS) is 19.0. The molecule has 0 spiro atoms. The Labute approximate surface area is 167 Å². The first-order valence-corrected chi connectivity index (χ1v) is 13.0. The van der Waals surface area contributed by atoms with Gasteiger partial charge in [0.25, 0.3) is 0 Å². The van der Waals surface area contributed by atoms with Crippen LogP contribution in [0.4, 0.5) is 0 Å². The summed E-state index contributed by atoms with van der Waals surface area (Å²) in [5, 5.41) is 0. The average molecular weight is 391 g/mol. The van der Waals surface area contributed by atoms with Gasteiger partial charge in [-0.05, 0) is 67.5 Å². The standard InChI is InChI=1S/C24H26O3Si/c1-24(27-28(3,4)5)20-16-18(25-2)13-14-19(20)22(21-12-9-15-26-21)23(24)17-10-7-6-8-11-17/h6-16H,1-5H3. The summed E-state index contributed by atoms with van der Waals surface area (Å²) in [5.74, 6) is 1.69. The molecule has 0 amide bonds. The van der Waals surface area contributed by atoms with E-state index in [9.17, 15) is 0 Å². The molecule has 144 valence electrons. The molecule has 3 nitrogen and oxygen atoms in total. The molecule has 0 radical (unpaired) electrons. The van der Waals surface area contributed by atoms with E-state index < -0.39 is 13.9 Å². The van der Waals surface area contributed by atoms with Crippen molar-refractivity contribution in [2.45, 2.75) is 32.2 Å². The third-order valence-electron chi connectivity index (χ3n) is 5.08. The van der Waals surface area contributed by atoms with Crippen LogP contribution in [0.1, 0.15) is 29.4 Å². The molecule has 1 aliphatic rings. The van der Waals surface area contributed by atoms with Gasteiger partial charge in [-0.25, -0.2) is 0 Å². The summed E-state index contributed by atoms with van der Waals surface area (Å²) < 4.78 is 18.3. The zero-order valence-electron chi connectivity index (χ0n) is 17.1. The minimum atomic E-state index is -1.89. The monoisotopic (exact) mass is 390 g/mol. The number of hydrogen-bond acceptors (Lipinski definition) is 3. The minimum Gasteiger partial charge on any atom is -0.497 e. The number of furan rings is 1. The second kappa shape index (κ2) is 6.80. The molecule has 1 aliphatic carbocycles. The fourth-order valence-corrected chi connectivity index (χ4v) is 5.63. The van der Waals surface area contributed by atoms with Crippen LogP contribution in [-0.4, -0.2) is 15.4 Å². The number of fused-ring (bicyclic) bond motifs is 1. The topological polar surface area (TPSA) is 31.6 Å². The van der Waals surface area contributed by atoms with Gasteiger partial charge in [-0.2, -0.15) is 0 Å². The van der Waals surface area contributed by atoms with E-state index >= 15 is 0 Å². The highest BCUT2D eigenvalue weighted by Gasteiger charge is 2.46. The Morgan fingerprint density at radius 1 is 0.929 bits per heavy atom. The zero-order chi connectivity index (χ0) is 19.9. The number of methoxy groups -OCH3 is 1. The molecule has 3 aromatic rings. The summed E-state index contributed by atoms with van der Waals surface area (Å²) in [6.07, 6.45) is 1.73. The Morgan fingerprint density at radius 2 is 1.68 bits per heavy atom. The van der Waals surface area contributed by atoms with E-state index in [-0.39, 0.29) is 0 Å². The Balaban J connectivity index is 2.07. The summed E-state index contributed by atoms with van der Waals surface area (Å²) >= 11 is 0. The maximum Gasteiger partial charge on any atom is 0.185 e. The van der Waals surface area contributed by atoms with E-state index in [4.69, 9.17) is 13.6 Å². The van der Waals surface area contributed by atoms with Gasteiger partial charge in [0.15, 0.2) is 8.32 Å². The van der Waals surface area contributed by atoms with Crippen LogP contribution in [0.25, 0.3) is 11.1 Å². The summed E-state index contributed by atoms with van der Waals surface area (Å²) in [5.41, 5.74) is 5.06. The fourth-order valence-electron chi connectivity index (χ4n) is 4.19. The summed E-state index contributed by atoms with van der Waals surface area (Å²) in [6.45, 7) is 8.87. The van der Waals surface area contributed by atoms with Crippen LogP contribution in [-0.2, 0) is 10.0 Å². The highest BCUT2D eigenvalue weighted by molar-refractivity contribution is 6.70. The van der Waals surface area contributed by atoms with Gasteiger partial charge in [0.2, 0.25) is 0 Å². The Bertz CT molecular complexity index is 1010. The maximum atomic E-state index is 6.89. The highest BCUT2D eigenvalue weighted by Crippen LogP contribution is 2.55. The number of ether oxygens (including phenoxy) is 1. The minimum absolute atomic E-state index is 0.585. The third kappa shape index (κ3) is 3.13. The fraction of sp³-hybridized carbons (Fsp3) is 0.250. The van der Waals surface area contributed by atoms with Gasteiger partial charge in [-0.3, -0.25) is 0 Å². The van der Waals surface area contributed by atoms with Crippen molar-refractivity contribution in [2.24, 2.45) is 0 Å². The van der Waals surface area contributed by atoms with Crippen molar-refractivity contribution in [3.63, 3.8) is 0 Å². The van der Waals surface area contributed by atoms with Gasteiger partial charge in [0.05, 0.1) is 13.4 Å². The molecule has 0 bridgehead atoms. The lowest BCUT2D eigenvalue weighted by Crippen LogP contribution is -2.38. The van der Waals surface area contributed by atoms with Crippen LogP contribution < -0.4 is 4.74 Å². The van der Waals surface area contributed by atoms with E-state index in [1.165, 1.54) is 0 Å². The SMILES string of the molecule is COc1ccc2c(c1)C(C)(O[Si](C)(C)C)C(c1ccccc1)=C2c1ccco1. The quantitative estimate of drug-likeness (QED) is 0.477. The molecule has 0 fully saturated rings. The second-order valence-corrected chi connectivity index (χ2v) is 12.7. The van der Waals surface area contributed by atoms with Crippen molar-refractivity contribution in [2.75, 3.05) is 7.11 Å². The number of benzene rings is 2. The lowest BCUT2D eigenvalue weighted by Gasteiger charge is -2.37. The van der Waals surface area contributed by atoms with Crippen LogP contribution in [0.3, 0.4) is 0 Å². The molecular formula is C24H26O3Si. The molecule has 1 atom stereocenters. The van der Waals surface area contributed by atoms with E-state index in [2.05, 4.69) is 63.0 Å². The van der Waals surface area contributed by atoms with Gasteiger partial charge in [0.1, 0.15) is 17.1 Å². The van der Waals surface area contributed by atoms with E-state index in [0.717, 1.165) is 39.3 Å². The predicted molar refractivity (Wildman–Crippen MR) is 116 cm³/mol. The Hall–Kier alpha value is -2.56. The summed E-state index contributed by atoms with van der Waals surface area (Å²) in [7, 11) is -0.185. The molecule has 0 aliphatic heterocycles. The van der Waals surface area contributed by atoms with Crippen LogP contribution in [0, 0.1) is 0 Å². The van der Waals surface area contributed by atoms with Crippen LogP contribution in [0.15, 0.2) is 71.3 Å². The van der Waals surface area contributed by atoms with E-state index in [1.807, 2.05) is 24.3 Å². The molecule has 4 heteroatoms. The number of hydrogen-bond donors (Lipinski definition) is 0. The second-order valence-electron chi connectivity index (χ2n) is 8.25. The first-order valence-electron chi connectivity index (χ1n) is 9.56. The molecule has 1 unspecified atom stereocenters. The molecule has 1 aromatic heterocycles. The number of rotatable bonds is 5. The van der Waals surface area contributed by atoms with E-state index in [0.29, 0.717) is 0 Å². The van der Waals surface area contributed by atoms with Crippen molar-refractivity contribution in [3.05, 3.63) is 89.4 Å². The van der Waals surface area contributed by atoms with Gasteiger partial charge >= 0.3 is 0 Å². The largest absolute Gasteiger partial charge is 0.497 e. The van der Waals surface area contributed by atoms with Gasteiger partial charge in [0, 0.05) is 11.1 Å². The lowest BCUT2D eigenvalue weighted by molar-refractivity contribution is 0.146.